The molecule has 0 saturated heterocycles. The average molecular weight is 417 g/mol. The number of aryl methyl sites for hydroxylation is 1. The SMILES string of the molecule is Cc1ccc(C2=C[C@@H]3c4ccccc4O[C@@H](c4ccc(-c5ccccc5)cc4)N3N2)cc1. The van der Waals surface area contributed by atoms with Crippen LogP contribution in [0.15, 0.2) is 109 Å². The predicted octanol–water partition coefficient (Wildman–Crippen LogP) is 6.66. The van der Waals surface area contributed by atoms with E-state index in [2.05, 4.69) is 114 Å². The van der Waals surface area contributed by atoms with E-state index in [-0.39, 0.29) is 12.3 Å². The minimum absolute atomic E-state index is 0.107. The number of rotatable bonds is 3. The quantitative estimate of drug-likeness (QED) is 0.404. The maximum atomic E-state index is 6.51. The molecule has 4 aromatic rings. The maximum absolute atomic E-state index is 6.51. The number of fused-ring (bicyclic) bond motifs is 3. The Kier molecular flexibility index (Phi) is 4.55. The first-order chi connectivity index (χ1) is 15.8. The van der Waals surface area contributed by atoms with Gasteiger partial charge in [-0.2, -0.15) is 5.01 Å². The summed E-state index contributed by atoms with van der Waals surface area (Å²) < 4.78 is 6.51. The van der Waals surface area contributed by atoms with Crippen molar-refractivity contribution in [3.05, 3.63) is 131 Å². The lowest BCUT2D eigenvalue weighted by molar-refractivity contribution is -0.0326. The van der Waals surface area contributed by atoms with Gasteiger partial charge in [-0.1, -0.05) is 103 Å². The second-order valence-electron chi connectivity index (χ2n) is 8.41. The van der Waals surface area contributed by atoms with Gasteiger partial charge in [-0.3, -0.25) is 0 Å². The molecule has 2 atom stereocenters. The van der Waals surface area contributed by atoms with Crippen molar-refractivity contribution < 1.29 is 4.74 Å². The van der Waals surface area contributed by atoms with Crippen LogP contribution >= 0.6 is 0 Å². The average Bonchev–Trinajstić information content (AvgIpc) is 3.30. The first-order valence-electron chi connectivity index (χ1n) is 11.0. The van der Waals surface area contributed by atoms with Gasteiger partial charge in [0.15, 0.2) is 6.23 Å². The van der Waals surface area contributed by atoms with Crippen molar-refractivity contribution in [3.63, 3.8) is 0 Å². The van der Waals surface area contributed by atoms with Gasteiger partial charge in [0.25, 0.3) is 0 Å². The zero-order valence-electron chi connectivity index (χ0n) is 17.9. The lowest BCUT2D eigenvalue weighted by atomic mass is 9.99. The van der Waals surface area contributed by atoms with E-state index < -0.39 is 0 Å². The molecular formula is C29H24N2O. The molecule has 2 aliphatic heterocycles. The molecule has 3 nitrogen and oxygen atoms in total. The highest BCUT2D eigenvalue weighted by atomic mass is 16.5. The Morgan fingerprint density at radius 1 is 0.688 bits per heavy atom. The number of hydrogen-bond donors (Lipinski definition) is 1. The van der Waals surface area contributed by atoms with E-state index in [1.807, 2.05) is 12.1 Å². The van der Waals surface area contributed by atoms with Crippen molar-refractivity contribution in [2.75, 3.05) is 0 Å². The van der Waals surface area contributed by atoms with Crippen molar-refractivity contribution in [3.8, 4) is 16.9 Å². The molecule has 0 fully saturated rings. The molecule has 3 heteroatoms. The van der Waals surface area contributed by atoms with Gasteiger partial charge in [-0.25, -0.2) is 0 Å². The van der Waals surface area contributed by atoms with Gasteiger partial charge < -0.3 is 10.2 Å². The van der Waals surface area contributed by atoms with Crippen LogP contribution in [0.1, 0.15) is 34.5 Å². The van der Waals surface area contributed by atoms with Crippen LogP contribution in [-0.4, -0.2) is 5.01 Å². The number of ether oxygens (including phenoxy) is 1. The fourth-order valence-electron chi connectivity index (χ4n) is 4.53. The molecule has 0 aliphatic carbocycles. The molecule has 0 spiro atoms. The molecule has 156 valence electrons. The summed E-state index contributed by atoms with van der Waals surface area (Å²) in [5.74, 6) is 0.939. The largest absolute Gasteiger partial charge is 0.469 e. The van der Waals surface area contributed by atoms with E-state index >= 15 is 0 Å². The molecule has 1 N–H and O–H groups in total. The number of hydrazine groups is 1. The van der Waals surface area contributed by atoms with Crippen molar-refractivity contribution >= 4 is 5.70 Å². The zero-order valence-corrected chi connectivity index (χ0v) is 17.9. The summed E-state index contributed by atoms with van der Waals surface area (Å²) >= 11 is 0. The second kappa shape index (κ2) is 7.70. The molecule has 2 heterocycles. The van der Waals surface area contributed by atoms with Crippen LogP contribution in [0, 0.1) is 6.92 Å². The van der Waals surface area contributed by atoms with Crippen LogP contribution in [0.2, 0.25) is 0 Å². The van der Waals surface area contributed by atoms with Gasteiger partial charge in [0.05, 0.1) is 11.7 Å². The molecular weight excluding hydrogens is 392 g/mol. The molecule has 2 aliphatic rings. The van der Waals surface area contributed by atoms with Crippen LogP contribution in [0.3, 0.4) is 0 Å². The third-order valence-electron chi connectivity index (χ3n) is 6.27. The summed E-state index contributed by atoms with van der Waals surface area (Å²) in [5, 5.41) is 2.22. The molecule has 0 aromatic heterocycles. The Labute approximate surface area is 188 Å². The minimum Gasteiger partial charge on any atom is -0.469 e. The van der Waals surface area contributed by atoms with Crippen LogP contribution in [0.25, 0.3) is 16.8 Å². The fraction of sp³-hybridized carbons (Fsp3) is 0.103. The highest BCUT2D eigenvalue weighted by Gasteiger charge is 2.39. The van der Waals surface area contributed by atoms with E-state index in [1.54, 1.807) is 0 Å². The third-order valence-corrected chi connectivity index (χ3v) is 6.27. The molecule has 0 bridgehead atoms. The smallest absolute Gasteiger partial charge is 0.195 e. The Hall–Kier alpha value is -3.82. The number of benzene rings is 4. The molecule has 4 aromatic carbocycles. The third kappa shape index (κ3) is 3.28. The van der Waals surface area contributed by atoms with Crippen LogP contribution < -0.4 is 10.2 Å². The van der Waals surface area contributed by atoms with Crippen LogP contribution in [0.4, 0.5) is 0 Å². The van der Waals surface area contributed by atoms with E-state index in [9.17, 15) is 0 Å². The topological polar surface area (TPSA) is 24.5 Å². The lowest BCUT2D eigenvalue weighted by Gasteiger charge is -2.39. The highest BCUT2D eigenvalue weighted by molar-refractivity contribution is 5.68. The summed E-state index contributed by atoms with van der Waals surface area (Å²) in [5.41, 5.74) is 11.9. The Balaban J connectivity index is 1.36. The van der Waals surface area contributed by atoms with Crippen molar-refractivity contribution in [1.29, 1.82) is 0 Å². The summed E-state index contributed by atoms with van der Waals surface area (Å²) in [6, 6.07) is 36.2. The fourth-order valence-corrected chi connectivity index (χ4v) is 4.53. The Morgan fingerprint density at radius 3 is 2.12 bits per heavy atom. The van der Waals surface area contributed by atoms with E-state index in [0.717, 1.165) is 17.0 Å². The van der Waals surface area contributed by atoms with E-state index in [4.69, 9.17) is 4.74 Å². The number of para-hydroxylation sites is 1. The van der Waals surface area contributed by atoms with Gasteiger partial charge >= 0.3 is 0 Å². The molecule has 6 rings (SSSR count). The van der Waals surface area contributed by atoms with Crippen molar-refractivity contribution in [1.82, 2.24) is 10.4 Å². The van der Waals surface area contributed by atoms with E-state index in [0.29, 0.717) is 0 Å². The Bertz CT molecular complexity index is 1280. The molecule has 0 radical (unpaired) electrons. The maximum Gasteiger partial charge on any atom is 0.195 e. The summed E-state index contributed by atoms with van der Waals surface area (Å²) in [6.45, 7) is 2.11. The minimum atomic E-state index is -0.223. The Morgan fingerprint density at radius 2 is 1.34 bits per heavy atom. The molecule has 0 amide bonds. The van der Waals surface area contributed by atoms with Crippen molar-refractivity contribution in [2.24, 2.45) is 0 Å². The predicted molar refractivity (Wildman–Crippen MR) is 129 cm³/mol. The van der Waals surface area contributed by atoms with Crippen LogP contribution in [-0.2, 0) is 0 Å². The molecule has 0 unspecified atom stereocenters. The highest BCUT2D eigenvalue weighted by Crippen LogP contribution is 2.45. The normalized spacial score (nSPS) is 19.3. The standard InChI is InChI=1S/C29H24N2O/c1-20-11-13-23(14-12-20)26-19-27-25-9-5-6-10-28(25)32-29(31(27)30-26)24-17-15-22(16-18-24)21-7-3-2-4-8-21/h2-19,27,29-30H,1H3/t27-,29+/m1/s1. The first-order valence-corrected chi connectivity index (χ1v) is 11.0. The first kappa shape index (κ1) is 18.9. The molecule has 0 saturated carbocycles. The van der Waals surface area contributed by atoms with Gasteiger partial charge in [-0.05, 0) is 35.8 Å². The van der Waals surface area contributed by atoms with Gasteiger partial charge in [0.1, 0.15) is 5.75 Å². The summed E-state index contributed by atoms with van der Waals surface area (Å²) in [7, 11) is 0. The summed E-state index contributed by atoms with van der Waals surface area (Å²) in [6.07, 6.45) is 2.08. The number of nitrogens with one attached hydrogen (secondary N) is 1. The van der Waals surface area contributed by atoms with Gasteiger partial charge in [-0.15, -0.1) is 0 Å². The van der Waals surface area contributed by atoms with Gasteiger partial charge in [0, 0.05) is 11.1 Å². The monoisotopic (exact) mass is 416 g/mol. The number of nitrogens with zero attached hydrogens (tertiary/aromatic N) is 1. The van der Waals surface area contributed by atoms with Crippen LogP contribution in [0.5, 0.6) is 5.75 Å². The summed E-state index contributed by atoms with van der Waals surface area (Å²) in [4.78, 5) is 0. The second-order valence-corrected chi connectivity index (χ2v) is 8.41. The van der Waals surface area contributed by atoms with Gasteiger partial charge in [0.2, 0.25) is 0 Å². The lowest BCUT2D eigenvalue weighted by Crippen LogP contribution is -2.43. The van der Waals surface area contributed by atoms with E-state index in [1.165, 1.54) is 27.8 Å². The zero-order chi connectivity index (χ0) is 21.5. The van der Waals surface area contributed by atoms with Crippen molar-refractivity contribution in [2.45, 2.75) is 19.2 Å². The molecule has 32 heavy (non-hydrogen) atoms. The number of hydrogen-bond acceptors (Lipinski definition) is 3.